The Balaban J connectivity index is 2.12. The highest BCUT2D eigenvalue weighted by molar-refractivity contribution is 9.10. The number of likely N-dealkylation sites (N-methyl/N-ethyl adjacent to an activating group) is 1. The molecule has 0 aliphatic heterocycles. The van der Waals surface area contributed by atoms with Gasteiger partial charge in [-0.3, -0.25) is 4.68 Å². The third kappa shape index (κ3) is 3.33. The molecule has 1 saturated carbocycles. The Morgan fingerprint density at radius 1 is 1.50 bits per heavy atom. The lowest BCUT2D eigenvalue weighted by molar-refractivity contribution is 0.117. The van der Waals surface area contributed by atoms with Crippen LogP contribution >= 0.6 is 15.9 Å². The van der Waals surface area contributed by atoms with Crippen LogP contribution in [0.15, 0.2) is 10.7 Å². The van der Waals surface area contributed by atoms with Gasteiger partial charge in [0.1, 0.15) is 0 Å². The fourth-order valence-electron chi connectivity index (χ4n) is 2.66. The molecule has 1 heterocycles. The third-order valence-corrected chi connectivity index (χ3v) is 4.24. The molecule has 1 fully saturated rings. The van der Waals surface area contributed by atoms with Crippen LogP contribution in [0.4, 0.5) is 0 Å². The molecule has 5 heteroatoms. The number of hydrogen-bond donors (Lipinski definition) is 1. The highest BCUT2D eigenvalue weighted by Crippen LogP contribution is 2.36. The van der Waals surface area contributed by atoms with Crippen molar-refractivity contribution >= 4 is 15.9 Å². The molecule has 0 saturated heterocycles. The Morgan fingerprint density at radius 2 is 2.28 bits per heavy atom. The van der Waals surface area contributed by atoms with Crippen LogP contribution in [-0.4, -0.2) is 46.5 Å². The van der Waals surface area contributed by atoms with E-state index in [9.17, 15) is 5.11 Å². The van der Waals surface area contributed by atoms with Crippen LogP contribution in [0.2, 0.25) is 0 Å². The van der Waals surface area contributed by atoms with E-state index >= 15 is 0 Å². The molecule has 0 radical (unpaired) electrons. The maximum atomic E-state index is 9.83. The molecule has 1 N–H and O–H groups in total. The Labute approximate surface area is 117 Å². The molecule has 2 rings (SSSR count). The monoisotopic (exact) mass is 315 g/mol. The standard InChI is InChI=1S/C13H22BrN3O/c1-16(2)6-7-17-13(12(14)9-15-17)10-4-3-5-11(18)8-10/h9-11,18H,3-8H2,1-2H3. The number of halogens is 1. The molecular formula is C13H22BrN3O. The van der Waals surface area contributed by atoms with E-state index in [-0.39, 0.29) is 6.10 Å². The first-order chi connectivity index (χ1) is 8.58. The first kappa shape index (κ1) is 14.0. The Hall–Kier alpha value is -0.390. The van der Waals surface area contributed by atoms with Gasteiger partial charge >= 0.3 is 0 Å². The van der Waals surface area contributed by atoms with E-state index in [1.807, 2.05) is 6.20 Å². The third-order valence-electron chi connectivity index (χ3n) is 3.63. The van der Waals surface area contributed by atoms with Crippen molar-refractivity contribution in [1.82, 2.24) is 14.7 Å². The predicted octanol–water partition coefficient (Wildman–Crippen LogP) is 2.23. The highest BCUT2D eigenvalue weighted by atomic mass is 79.9. The topological polar surface area (TPSA) is 41.3 Å². The van der Waals surface area contributed by atoms with Gasteiger partial charge in [0.15, 0.2) is 0 Å². The Morgan fingerprint density at radius 3 is 2.94 bits per heavy atom. The summed E-state index contributed by atoms with van der Waals surface area (Å²) in [4.78, 5) is 2.16. The van der Waals surface area contributed by atoms with Crippen molar-refractivity contribution in [1.29, 1.82) is 0 Å². The van der Waals surface area contributed by atoms with Crippen molar-refractivity contribution in [2.24, 2.45) is 0 Å². The van der Waals surface area contributed by atoms with Crippen LogP contribution in [0.25, 0.3) is 0 Å². The van der Waals surface area contributed by atoms with Gasteiger partial charge in [0.05, 0.1) is 29.0 Å². The molecule has 1 aromatic rings. The summed E-state index contributed by atoms with van der Waals surface area (Å²) < 4.78 is 3.17. The molecular weight excluding hydrogens is 294 g/mol. The van der Waals surface area contributed by atoms with Crippen molar-refractivity contribution < 1.29 is 5.11 Å². The quantitative estimate of drug-likeness (QED) is 0.926. The van der Waals surface area contributed by atoms with E-state index in [2.05, 4.69) is 44.7 Å². The second kappa shape index (κ2) is 6.17. The lowest BCUT2D eigenvalue weighted by atomic mass is 9.85. The van der Waals surface area contributed by atoms with Crippen molar-refractivity contribution in [2.75, 3.05) is 20.6 Å². The number of aliphatic hydroxyl groups is 1. The van der Waals surface area contributed by atoms with Crippen molar-refractivity contribution in [2.45, 2.75) is 44.2 Å². The van der Waals surface area contributed by atoms with Gasteiger partial charge in [-0.15, -0.1) is 0 Å². The summed E-state index contributed by atoms with van der Waals surface area (Å²) in [5, 5.41) is 14.3. The molecule has 0 bridgehead atoms. The van der Waals surface area contributed by atoms with Gasteiger partial charge < -0.3 is 10.0 Å². The lowest BCUT2D eigenvalue weighted by Crippen LogP contribution is -2.24. The summed E-state index contributed by atoms with van der Waals surface area (Å²) in [5.41, 5.74) is 1.26. The highest BCUT2D eigenvalue weighted by Gasteiger charge is 2.26. The van der Waals surface area contributed by atoms with Crippen molar-refractivity contribution in [3.63, 3.8) is 0 Å². The van der Waals surface area contributed by atoms with Gasteiger partial charge in [-0.25, -0.2) is 0 Å². The molecule has 1 aromatic heterocycles. The summed E-state index contributed by atoms with van der Waals surface area (Å²) in [5.74, 6) is 0.438. The smallest absolute Gasteiger partial charge is 0.0635 e. The Kier molecular flexibility index (Phi) is 4.81. The second-order valence-corrected chi connectivity index (χ2v) is 6.28. The molecule has 0 amide bonds. The van der Waals surface area contributed by atoms with Crippen molar-refractivity contribution in [3.05, 3.63) is 16.4 Å². The molecule has 18 heavy (non-hydrogen) atoms. The number of nitrogens with zero attached hydrogens (tertiary/aromatic N) is 3. The van der Waals surface area contributed by atoms with E-state index in [4.69, 9.17) is 0 Å². The maximum absolute atomic E-state index is 9.83. The molecule has 2 atom stereocenters. The van der Waals surface area contributed by atoms with Gasteiger partial charge in [0.2, 0.25) is 0 Å². The SMILES string of the molecule is CN(C)CCn1ncc(Br)c1C1CCCC(O)C1. The predicted molar refractivity (Wildman–Crippen MR) is 75.7 cm³/mol. The average Bonchev–Trinajstić information content (AvgIpc) is 2.68. The van der Waals surface area contributed by atoms with Crippen LogP contribution < -0.4 is 0 Å². The summed E-state index contributed by atoms with van der Waals surface area (Å²) in [7, 11) is 4.14. The van der Waals surface area contributed by atoms with Crippen molar-refractivity contribution in [3.8, 4) is 0 Å². The minimum atomic E-state index is -0.146. The molecule has 4 nitrogen and oxygen atoms in total. The molecule has 0 aromatic carbocycles. The van der Waals surface area contributed by atoms with Gasteiger partial charge in [0, 0.05) is 12.5 Å². The van der Waals surface area contributed by atoms with E-state index in [1.165, 1.54) is 5.69 Å². The van der Waals surface area contributed by atoms with Crippen LogP contribution in [0, 0.1) is 0 Å². The minimum Gasteiger partial charge on any atom is -0.393 e. The molecule has 1 aliphatic carbocycles. The largest absolute Gasteiger partial charge is 0.393 e. The Bertz CT molecular complexity index is 392. The number of rotatable bonds is 4. The van der Waals surface area contributed by atoms with E-state index in [0.29, 0.717) is 5.92 Å². The fourth-order valence-corrected chi connectivity index (χ4v) is 3.28. The molecule has 2 unspecified atom stereocenters. The van der Waals surface area contributed by atoms with Gasteiger partial charge in [-0.1, -0.05) is 6.42 Å². The zero-order chi connectivity index (χ0) is 13.1. The average molecular weight is 316 g/mol. The number of aromatic nitrogens is 2. The summed E-state index contributed by atoms with van der Waals surface area (Å²) in [6, 6.07) is 0. The van der Waals surface area contributed by atoms with E-state index < -0.39 is 0 Å². The maximum Gasteiger partial charge on any atom is 0.0635 e. The van der Waals surface area contributed by atoms with Crippen LogP contribution in [0.1, 0.15) is 37.3 Å². The second-order valence-electron chi connectivity index (χ2n) is 5.42. The summed E-state index contributed by atoms with van der Waals surface area (Å²) in [6.07, 6.45) is 5.81. The number of hydrogen-bond acceptors (Lipinski definition) is 3. The number of aliphatic hydroxyl groups excluding tert-OH is 1. The van der Waals surface area contributed by atoms with E-state index in [0.717, 1.165) is 43.2 Å². The normalized spacial score (nSPS) is 24.7. The first-order valence-corrected chi connectivity index (χ1v) is 7.41. The lowest BCUT2D eigenvalue weighted by Gasteiger charge is -2.27. The van der Waals surface area contributed by atoms with Gasteiger partial charge in [-0.05, 0) is 49.3 Å². The molecule has 0 spiro atoms. The molecule has 102 valence electrons. The van der Waals surface area contributed by atoms with Crippen LogP contribution in [-0.2, 0) is 6.54 Å². The van der Waals surface area contributed by atoms with Gasteiger partial charge in [-0.2, -0.15) is 5.10 Å². The van der Waals surface area contributed by atoms with Crippen LogP contribution in [0.3, 0.4) is 0 Å². The summed E-state index contributed by atoms with van der Waals surface area (Å²) >= 11 is 3.60. The first-order valence-electron chi connectivity index (χ1n) is 6.62. The molecule has 1 aliphatic rings. The zero-order valence-electron chi connectivity index (χ0n) is 11.1. The zero-order valence-corrected chi connectivity index (χ0v) is 12.7. The fraction of sp³-hybridized carbons (Fsp3) is 0.769. The summed E-state index contributed by atoms with van der Waals surface area (Å²) in [6.45, 7) is 1.89. The minimum absolute atomic E-state index is 0.146. The van der Waals surface area contributed by atoms with Gasteiger partial charge in [0.25, 0.3) is 0 Å². The van der Waals surface area contributed by atoms with E-state index in [1.54, 1.807) is 0 Å². The van der Waals surface area contributed by atoms with Crippen LogP contribution in [0.5, 0.6) is 0 Å².